The fourth-order valence-electron chi connectivity index (χ4n) is 2.87. The van der Waals surface area contributed by atoms with Crippen LogP contribution in [0.15, 0.2) is 10.9 Å². The Hall–Kier alpha value is -1.13. The van der Waals surface area contributed by atoms with E-state index in [1.165, 1.54) is 24.1 Å². The SMILES string of the molecule is CNCc1cc2c(n(CCCOC)c1=O)CCCC2. The van der Waals surface area contributed by atoms with Gasteiger partial charge in [0.05, 0.1) is 0 Å². The Balaban J connectivity index is 2.35. The smallest absolute Gasteiger partial charge is 0.255 e. The summed E-state index contributed by atoms with van der Waals surface area (Å²) in [7, 11) is 3.59. The van der Waals surface area contributed by atoms with Crippen LogP contribution in [-0.4, -0.2) is 25.3 Å². The van der Waals surface area contributed by atoms with Gasteiger partial charge in [-0.2, -0.15) is 0 Å². The highest BCUT2D eigenvalue weighted by Gasteiger charge is 2.17. The highest BCUT2D eigenvalue weighted by molar-refractivity contribution is 5.29. The molecule has 0 atom stereocenters. The van der Waals surface area contributed by atoms with Gasteiger partial charge in [-0.3, -0.25) is 4.79 Å². The van der Waals surface area contributed by atoms with Gasteiger partial charge in [0.25, 0.3) is 5.56 Å². The third-order valence-electron chi connectivity index (χ3n) is 3.77. The van der Waals surface area contributed by atoms with E-state index in [1.807, 2.05) is 11.6 Å². The first kappa shape index (κ1) is 14.3. The highest BCUT2D eigenvalue weighted by Crippen LogP contribution is 2.21. The monoisotopic (exact) mass is 264 g/mol. The van der Waals surface area contributed by atoms with E-state index in [0.717, 1.165) is 31.4 Å². The molecular formula is C15H24N2O2. The summed E-state index contributed by atoms with van der Waals surface area (Å²) in [5.74, 6) is 0. The number of nitrogens with one attached hydrogen (secondary N) is 1. The molecule has 106 valence electrons. The minimum absolute atomic E-state index is 0.172. The van der Waals surface area contributed by atoms with Gasteiger partial charge < -0.3 is 14.6 Å². The third kappa shape index (κ3) is 3.25. The van der Waals surface area contributed by atoms with Crippen molar-refractivity contribution in [1.82, 2.24) is 9.88 Å². The number of hydrogen-bond donors (Lipinski definition) is 1. The molecule has 4 heteroatoms. The topological polar surface area (TPSA) is 43.3 Å². The minimum Gasteiger partial charge on any atom is -0.385 e. The number of hydrogen-bond acceptors (Lipinski definition) is 3. The summed E-state index contributed by atoms with van der Waals surface area (Å²) in [6.07, 6.45) is 5.48. The van der Waals surface area contributed by atoms with E-state index in [2.05, 4.69) is 11.4 Å². The molecule has 1 N–H and O–H groups in total. The van der Waals surface area contributed by atoms with E-state index in [-0.39, 0.29) is 5.56 Å². The van der Waals surface area contributed by atoms with Crippen molar-refractivity contribution in [2.24, 2.45) is 0 Å². The molecule has 4 nitrogen and oxygen atoms in total. The number of nitrogens with zero attached hydrogens (tertiary/aromatic N) is 1. The predicted molar refractivity (Wildman–Crippen MR) is 76.6 cm³/mol. The van der Waals surface area contributed by atoms with E-state index < -0.39 is 0 Å². The minimum atomic E-state index is 0.172. The van der Waals surface area contributed by atoms with Gasteiger partial charge in [-0.1, -0.05) is 0 Å². The highest BCUT2D eigenvalue weighted by atomic mass is 16.5. The zero-order valence-corrected chi connectivity index (χ0v) is 12.0. The lowest BCUT2D eigenvalue weighted by molar-refractivity contribution is 0.189. The van der Waals surface area contributed by atoms with E-state index in [4.69, 9.17) is 4.74 Å². The second-order valence-electron chi connectivity index (χ2n) is 5.18. The van der Waals surface area contributed by atoms with Crippen LogP contribution in [0.2, 0.25) is 0 Å². The van der Waals surface area contributed by atoms with E-state index in [1.54, 1.807) is 7.11 Å². The Morgan fingerprint density at radius 3 is 2.89 bits per heavy atom. The van der Waals surface area contributed by atoms with Crippen molar-refractivity contribution in [3.05, 3.63) is 33.2 Å². The zero-order valence-electron chi connectivity index (χ0n) is 12.0. The fourth-order valence-corrected chi connectivity index (χ4v) is 2.87. The number of aryl methyl sites for hydroxylation is 1. The number of pyridine rings is 1. The quantitative estimate of drug-likeness (QED) is 0.792. The van der Waals surface area contributed by atoms with E-state index >= 15 is 0 Å². The van der Waals surface area contributed by atoms with Crippen LogP contribution in [-0.2, 0) is 30.7 Å². The summed E-state index contributed by atoms with van der Waals surface area (Å²) in [4.78, 5) is 12.5. The molecule has 0 saturated carbocycles. The fraction of sp³-hybridized carbons (Fsp3) is 0.667. The number of aromatic nitrogens is 1. The van der Waals surface area contributed by atoms with Gasteiger partial charge in [0.15, 0.2) is 0 Å². The molecule has 1 aromatic rings. The van der Waals surface area contributed by atoms with Gasteiger partial charge in [-0.05, 0) is 50.8 Å². The second-order valence-corrected chi connectivity index (χ2v) is 5.18. The summed E-state index contributed by atoms with van der Waals surface area (Å²) < 4.78 is 7.08. The Kier molecular flexibility index (Phi) is 5.16. The molecule has 0 spiro atoms. The van der Waals surface area contributed by atoms with Crippen molar-refractivity contribution in [3.63, 3.8) is 0 Å². The molecule has 0 aliphatic heterocycles. The third-order valence-corrected chi connectivity index (χ3v) is 3.77. The largest absolute Gasteiger partial charge is 0.385 e. The Morgan fingerprint density at radius 2 is 2.16 bits per heavy atom. The number of fused-ring (bicyclic) bond motifs is 1. The maximum atomic E-state index is 12.5. The summed E-state index contributed by atoms with van der Waals surface area (Å²) in [5, 5.41) is 3.09. The molecule has 0 amide bonds. The van der Waals surface area contributed by atoms with Gasteiger partial charge >= 0.3 is 0 Å². The van der Waals surface area contributed by atoms with Crippen molar-refractivity contribution in [2.75, 3.05) is 20.8 Å². The van der Waals surface area contributed by atoms with Gasteiger partial charge in [0.1, 0.15) is 0 Å². The predicted octanol–water partition coefficient (Wildman–Crippen LogP) is 1.48. The zero-order chi connectivity index (χ0) is 13.7. The summed E-state index contributed by atoms with van der Waals surface area (Å²) >= 11 is 0. The van der Waals surface area contributed by atoms with Crippen LogP contribution >= 0.6 is 0 Å². The van der Waals surface area contributed by atoms with Crippen molar-refractivity contribution >= 4 is 0 Å². The van der Waals surface area contributed by atoms with Gasteiger partial charge in [0.2, 0.25) is 0 Å². The molecule has 0 saturated heterocycles. The van der Waals surface area contributed by atoms with Crippen LogP contribution in [0.3, 0.4) is 0 Å². The maximum Gasteiger partial charge on any atom is 0.255 e. The number of methoxy groups -OCH3 is 1. The lowest BCUT2D eigenvalue weighted by Crippen LogP contribution is -2.31. The van der Waals surface area contributed by atoms with Crippen LogP contribution < -0.4 is 10.9 Å². The molecule has 2 rings (SSSR count). The molecule has 0 radical (unpaired) electrons. The lowest BCUT2D eigenvalue weighted by Gasteiger charge is -2.22. The first-order valence-corrected chi connectivity index (χ1v) is 7.16. The summed E-state index contributed by atoms with van der Waals surface area (Å²) in [6, 6.07) is 2.11. The van der Waals surface area contributed by atoms with Crippen LogP contribution in [0.4, 0.5) is 0 Å². The first-order chi connectivity index (χ1) is 9.27. The van der Waals surface area contributed by atoms with Crippen molar-refractivity contribution < 1.29 is 4.74 Å². The van der Waals surface area contributed by atoms with Crippen molar-refractivity contribution in [1.29, 1.82) is 0 Å². The Bertz CT molecular complexity index is 480. The molecule has 1 aliphatic rings. The molecule has 1 aliphatic carbocycles. The van der Waals surface area contributed by atoms with Gasteiger partial charge in [0, 0.05) is 38.1 Å². The van der Waals surface area contributed by atoms with Crippen LogP contribution in [0.5, 0.6) is 0 Å². The van der Waals surface area contributed by atoms with Gasteiger partial charge in [-0.15, -0.1) is 0 Å². The van der Waals surface area contributed by atoms with Crippen LogP contribution in [0.25, 0.3) is 0 Å². The average Bonchev–Trinajstić information content (AvgIpc) is 2.43. The normalized spacial score (nSPS) is 14.4. The molecule has 0 unspecified atom stereocenters. The molecule has 0 aromatic carbocycles. The molecule has 1 heterocycles. The van der Waals surface area contributed by atoms with E-state index in [0.29, 0.717) is 13.2 Å². The Labute approximate surface area is 114 Å². The first-order valence-electron chi connectivity index (χ1n) is 7.16. The average molecular weight is 264 g/mol. The summed E-state index contributed by atoms with van der Waals surface area (Å²) in [6.45, 7) is 2.13. The maximum absolute atomic E-state index is 12.5. The van der Waals surface area contributed by atoms with Crippen LogP contribution in [0.1, 0.15) is 36.1 Å². The second kappa shape index (κ2) is 6.87. The van der Waals surface area contributed by atoms with Crippen molar-refractivity contribution in [2.45, 2.75) is 45.2 Å². The molecular weight excluding hydrogens is 240 g/mol. The molecule has 0 bridgehead atoms. The lowest BCUT2D eigenvalue weighted by atomic mass is 9.94. The van der Waals surface area contributed by atoms with E-state index in [9.17, 15) is 4.79 Å². The summed E-state index contributed by atoms with van der Waals surface area (Å²) in [5.41, 5.74) is 3.69. The Morgan fingerprint density at radius 1 is 1.37 bits per heavy atom. The number of rotatable bonds is 6. The standard InChI is InChI=1S/C15H24N2O2/c1-16-11-13-10-12-6-3-4-7-14(12)17(15(13)18)8-5-9-19-2/h10,16H,3-9,11H2,1-2H3. The van der Waals surface area contributed by atoms with Gasteiger partial charge in [-0.25, -0.2) is 0 Å². The molecule has 19 heavy (non-hydrogen) atoms. The number of ether oxygens (including phenoxy) is 1. The van der Waals surface area contributed by atoms with Crippen molar-refractivity contribution in [3.8, 4) is 0 Å². The molecule has 0 fully saturated rings. The molecule has 1 aromatic heterocycles. The van der Waals surface area contributed by atoms with Crippen LogP contribution in [0, 0.1) is 0 Å².